The van der Waals surface area contributed by atoms with E-state index in [0.29, 0.717) is 0 Å². The number of aliphatic hydroxyl groups is 4. The third kappa shape index (κ3) is 3.16. The molecule has 0 saturated carbocycles. The highest BCUT2D eigenvalue weighted by Crippen LogP contribution is 2.44. The summed E-state index contributed by atoms with van der Waals surface area (Å²) in [7, 11) is 0. The number of rotatable bonds is 0. The van der Waals surface area contributed by atoms with Crippen molar-refractivity contribution in [1.29, 1.82) is 0 Å². The summed E-state index contributed by atoms with van der Waals surface area (Å²) in [6, 6.07) is 1.93. The van der Waals surface area contributed by atoms with Crippen molar-refractivity contribution in [2.75, 3.05) is 6.61 Å². The first-order valence-corrected chi connectivity index (χ1v) is 8.99. The summed E-state index contributed by atoms with van der Waals surface area (Å²) in [5.41, 5.74) is -2.70. The standard InChI is InChI=1S/C14H6O8.C5H10O5/c15-5-1-3-7-8-4(14(20)22-11(7)9(5)17)2-6(16)10(18)12(8)21-13(3)19;6-2-1-10-5(9)4(8)3(2)7/h1-2,15-18H;2-9H,1H2/t;2-,3+,4-,5?/m.1/s1. The van der Waals surface area contributed by atoms with Crippen LogP contribution in [0.3, 0.4) is 0 Å². The van der Waals surface area contributed by atoms with E-state index >= 15 is 0 Å². The van der Waals surface area contributed by atoms with Gasteiger partial charge in [0.25, 0.3) is 0 Å². The van der Waals surface area contributed by atoms with Crippen LogP contribution in [0.1, 0.15) is 0 Å². The van der Waals surface area contributed by atoms with Gasteiger partial charge in [-0.15, -0.1) is 0 Å². The molecule has 1 aliphatic rings. The van der Waals surface area contributed by atoms with Crippen LogP contribution in [0.15, 0.2) is 30.6 Å². The van der Waals surface area contributed by atoms with Crippen LogP contribution >= 0.6 is 0 Å². The van der Waals surface area contributed by atoms with Crippen molar-refractivity contribution < 1.29 is 54.4 Å². The zero-order chi connectivity index (χ0) is 23.5. The van der Waals surface area contributed by atoms with Crippen LogP contribution in [0.5, 0.6) is 23.0 Å². The van der Waals surface area contributed by atoms with Gasteiger partial charge in [-0.2, -0.15) is 0 Å². The van der Waals surface area contributed by atoms with Crippen molar-refractivity contribution in [3.05, 3.63) is 33.0 Å². The molecule has 0 radical (unpaired) electrons. The predicted molar refractivity (Wildman–Crippen MR) is 104 cm³/mol. The van der Waals surface area contributed by atoms with Crippen LogP contribution in [0.25, 0.3) is 32.7 Å². The lowest BCUT2D eigenvalue weighted by molar-refractivity contribution is -0.252. The molecule has 4 atom stereocenters. The molecule has 0 spiro atoms. The molecule has 8 N–H and O–H groups in total. The van der Waals surface area contributed by atoms with Crippen molar-refractivity contribution in [1.82, 2.24) is 0 Å². The maximum Gasteiger partial charge on any atom is 0.344 e. The molecule has 0 bridgehead atoms. The number of aliphatic hydroxyl groups excluding tert-OH is 4. The first-order valence-electron chi connectivity index (χ1n) is 8.99. The Labute approximate surface area is 175 Å². The van der Waals surface area contributed by atoms with Gasteiger partial charge in [0.2, 0.25) is 11.5 Å². The van der Waals surface area contributed by atoms with Gasteiger partial charge in [-0.25, -0.2) is 9.59 Å². The molecule has 170 valence electrons. The Bertz CT molecular complexity index is 1330. The van der Waals surface area contributed by atoms with Gasteiger partial charge in [0.1, 0.15) is 18.3 Å². The van der Waals surface area contributed by atoms with Gasteiger partial charge in [-0.05, 0) is 12.1 Å². The van der Waals surface area contributed by atoms with E-state index in [-0.39, 0.29) is 28.2 Å². The van der Waals surface area contributed by atoms with Crippen LogP contribution in [-0.4, -0.2) is 72.1 Å². The summed E-state index contributed by atoms with van der Waals surface area (Å²) in [5.74, 6) is -2.75. The Kier molecular flexibility index (Phi) is 5.07. The van der Waals surface area contributed by atoms with Gasteiger partial charge in [-0.3, -0.25) is 0 Å². The molecule has 13 nitrogen and oxygen atoms in total. The van der Waals surface area contributed by atoms with E-state index in [0.717, 1.165) is 12.1 Å². The molecule has 2 aromatic heterocycles. The second-order valence-electron chi connectivity index (χ2n) is 7.04. The Morgan fingerprint density at radius 1 is 0.719 bits per heavy atom. The van der Waals surface area contributed by atoms with Gasteiger partial charge in [0.05, 0.1) is 17.4 Å². The van der Waals surface area contributed by atoms with Gasteiger partial charge in [-0.1, -0.05) is 0 Å². The van der Waals surface area contributed by atoms with Crippen LogP contribution < -0.4 is 11.3 Å². The highest BCUT2D eigenvalue weighted by Gasteiger charge is 2.36. The van der Waals surface area contributed by atoms with E-state index in [9.17, 15) is 30.0 Å². The minimum absolute atomic E-state index is 0.00597. The molecule has 1 saturated heterocycles. The van der Waals surface area contributed by atoms with Crippen LogP contribution in [0.2, 0.25) is 0 Å². The molecule has 1 unspecified atom stereocenters. The third-order valence-corrected chi connectivity index (χ3v) is 5.02. The van der Waals surface area contributed by atoms with Crippen molar-refractivity contribution in [2.24, 2.45) is 0 Å². The number of phenolic OH excluding ortho intramolecular Hbond substituents is 4. The zero-order valence-corrected chi connectivity index (χ0v) is 15.8. The lowest BCUT2D eigenvalue weighted by Gasteiger charge is -2.31. The Balaban J connectivity index is 0.000000207. The molecule has 13 heteroatoms. The summed E-state index contributed by atoms with van der Waals surface area (Å²) in [6.45, 7) is -0.153. The Morgan fingerprint density at radius 2 is 1.16 bits per heavy atom. The van der Waals surface area contributed by atoms with E-state index < -0.39 is 70.0 Å². The topological polar surface area (TPSA) is 231 Å². The molecule has 4 aromatic rings. The fraction of sp³-hybridized carbons (Fsp3) is 0.263. The number of hydrogen-bond acceptors (Lipinski definition) is 13. The second kappa shape index (κ2) is 7.51. The van der Waals surface area contributed by atoms with Crippen molar-refractivity contribution >= 4 is 32.7 Å². The lowest BCUT2D eigenvalue weighted by Crippen LogP contribution is -2.52. The van der Waals surface area contributed by atoms with E-state index in [1.807, 2.05) is 0 Å². The highest BCUT2D eigenvalue weighted by atomic mass is 16.6. The van der Waals surface area contributed by atoms with Crippen LogP contribution in [-0.2, 0) is 4.74 Å². The molecule has 0 aliphatic carbocycles. The van der Waals surface area contributed by atoms with Gasteiger partial charge < -0.3 is 54.4 Å². The maximum absolute atomic E-state index is 12.0. The molecular formula is C19H16O13. The second-order valence-corrected chi connectivity index (χ2v) is 7.04. The number of hydrogen-bond donors (Lipinski definition) is 8. The lowest BCUT2D eigenvalue weighted by atomic mass is 10.0. The number of ether oxygens (including phenoxy) is 1. The average Bonchev–Trinajstić information content (AvgIpc) is 2.75. The molecular weight excluding hydrogens is 436 g/mol. The minimum atomic E-state index is -1.41. The zero-order valence-electron chi connectivity index (χ0n) is 15.8. The van der Waals surface area contributed by atoms with E-state index in [4.69, 9.17) is 29.3 Å². The SMILES string of the molecule is O=c1oc2c(O)c(O)cc3c(=O)oc4c(O)c(O)cc1c4c23.OC1OC[C@@H](O)[C@H](O)[C@H]1O. The maximum atomic E-state index is 12.0. The first kappa shape index (κ1) is 21.6. The van der Waals surface area contributed by atoms with Gasteiger partial charge >= 0.3 is 11.3 Å². The monoisotopic (exact) mass is 452 g/mol. The summed E-state index contributed by atoms with van der Waals surface area (Å²) in [5, 5.41) is 73.9. The van der Waals surface area contributed by atoms with E-state index in [2.05, 4.69) is 4.74 Å². The highest BCUT2D eigenvalue weighted by molar-refractivity contribution is 6.22. The fourth-order valence-electron chi connectivity index (χ4n) is 3.37. The number of aromatic hydroxyl groups is 4. The quantitative estimate of drug-likeness (QED) is 0.0884. The molecule has 2 aromatic carbocycles. The van der Waals surface area contributed by atoms with Crippen molar-refractivity contribution in [3.63, 3.8) is 0 Å². The molecule has 32 heavy (non-hydrogen) atoms. The van der Waals surface area contributed by atoms with Gasteiger partial charge in [0, 0.05) is 10.8 Å². The summed E-state index contributed by atoms with van der Waals surface area (Å²) in [4.78, 5) is 24.0. The Hall–Kier alpha value is -3.62. The average molecular weight is 452 g/mol. The van der Waals surface area contributed by atoms with E-state index in [1.165, 1.54) is 0 Å². The Morgan fingerprint density at radius 3 is 1.56 bits per heavy atom. The summed E-state index contributed by atoms with van der Waals surface area (Å²) in [6.07, 6.45) is -5.23. The number of phenols is 4. The summed E-state index contributed by atoms with van der Waals surface area (Å²) < 4.78 is 14.3. The fourth-order valence-corrected chi connectivity index (χ4v) is 3.37. The van der Waals surface area contributed by atoms with Crippen molar-refractivity contribution in [2.45, 2.75) is 24.6 Å². The molecule has 0 amide bonds. The first-order chi connectivity index (χ1) is 15.0. The summed E-state index contributed by atoms with van der Waals surface area (Å²) >= 11 is 0. The normalized spacial score (nSPS) is 23.5. The third-order valence-electron chi connectivity index (χ3n) is 5.02. The van der Waals surface area contributed by atoms with E-state index in [1.54, 1.807) is 0 Å². The predicted octanol–water partition coefficient (Wildman–Crippen LogP) is -1.27. The van der Waals surface area contributed by atoms with Crippen LogP contribution in [0.4, 0.5) is 0 Å². The molecule has 1 aliphatic heterocycles. The molecule has 1 fully saturated rings. The molecule has 5 rings (SSSR count). The number of benzene rings is 2. The molecule has 3 heterocycles. The van der Waals surface area contributed by atoms with Gasteiger partial charge in [0.15, 0.2) is 29.0 Å². The van der Waals surface area contributed by atoms with Crippen molar-refractivity contribution in [3.8, 4) is 23.0 Å². The van der Waals surface area contributed by atoms with Crippen LogP contribution in [0, 0.1) is 0 Å². The smallest absolute Gasteiger partial charge is 0.344 e. The minimum Gasteiger partial charge on any atom is -0.504 e. The largest absolute Gasteiger partial charge is 0.504 e.